The lowest BCUT2D eigenvalue weighted by Gasteiger charge is -2.23. The Morgan fingerprint density at radius 2 is 2.14 bits per heavy atom. The molecule has 0 aliphatic carbocycles. The second kappa shape index (κ2) is 4.02. The van der Waals surface area contributed by atoms with Gasteiger partial charge in [-0.3, -0.25) is 0 Å². The van der Waals surface area contributed by atoms with E-state index >= 15 is 0 Å². The van der Waals surface area contributed by atoms with Crippen molar-refractivity contribution < 1.29 is 13.5 Å². The molecular weight excluding hydrogens is 188 g/mol. The number of nitrogens with one attached hydrogen (secondary N) is 1. The van der Waals surface area contributed by atoms with Crippen LogP contribution in [0.1, 0.15) is 11.7 Å². The highest BCUT2D eigenvalue weighted by molar-refractivity contribution is 5.20. The van der Waals surface area contributed by atoms with Gasteiger partial charge in [0.2, 0.25) is 0 Å². The largest absolute Gasteiger partial charge is 0.371 e. The maximum absolute atomic E-state index is 12.9. The van der Waals surface area contributed by atoms with Crippen LogP contribution in [-0.2, 0) is 4.74 Å². The van der Waals surface area contributed by atoms with Gasteiger partial charge in [-0.05, 0) is 17.7 Å². The summed E-state index contributed by atoms with van der Waals surface area (Å²) in [7, 11) is 0. The molecule has 1 aliphatic heterocycles. The number of ether oxygens (including phenoxy) is 1. The summed E-state index contributed by atoms with van der Waals surface area (Å²) >= 11 is 0. The van der Waals surface area contributed by atoms with Crippen molar-refractivity contribution in [3.05, 3.63) is 35.4 Å². The minimum absolute atomic E-state index is 0.168. The first-order valence-electron chi connectivity index (χ1n) is 4.54. The number of morpholine rings is 1. The van der Waals surface area contributed by atoms with Gasteiger partial charge in [0.1, 0.15) is 0 Å². The van der Waals surface area contributed by atoms with Gasteiger partial charge in [-0.15, -0.1) is 0 Å². The molecule has 0 aromatic heterocycles. The van der Waals surface area contributed by atoms with Crippen molar-refractivity contribution in [3.63, 3.8) is 0 Å². The van der Waals surface area contributed by atoms with E-state index < -0.39 is 11.6 Å². The highest BCUT2D eigenvalue weighted by atomic mass is 19.2. The molecule has 1 saturated heterocycles. The zero-order chi connectivity index (χ0) is 9.97. The molecule has 76 valence electrons. The summed E-state index contributed by atoms with van der Waals surface area (Å²) in [5, 5.41) is 3.13. The fourth-order valence-electron chi connectivity index (χ4n) is 1.49. The first kappa shape index (κ1) is 9.55. The molecule has 1 atom stereocenters. The molecule has 0 spiro atoms. The number of rotatable bonds is 1. The molecule has 0 amide bonds. The quantitative estimate of drug-likeness (QED) is 0.742. The maximum atomic E-state index is 12.9. The topological polar surface area (TPSA) is 21.3 Å². The fraction of sp³-hybridized carbons (Fsp3) is 0.400. The average molecular weight is 199 g/mol. The molecule has 0 saturated carbocycles. The summed E-state index contributed by atoms with van der Waals surface area (Å²) in [6, 6.07) is 3.87. The highest BCUT2D eigenvalue weighted by Gasteiger charge is 2.16. The minimum atomic E-state index is -0.823. The molecule has 0 bridgehead atoms. The van der Waals surface area contributed by atoms with Gasteiger partial charge in [0.05, 0.1) is 12.7 Å². The zero-order valence-corrected chi connectivity index (χ0v) is 7.59. The number of hydrogen-bond acceptors (Lipinski definition) is 2. The highest BCUT2D eigenvalue weighted by Crippen LogP contribution is 2.20. The number of hydrogen-bond donors (Lipinski definition) is 1. The lowest BCUT2D eigenvalue weighted by molar-refractivity contribution is 0.0274. The number of halogens is 2. The summed E-state index contributed by atoms with van der Waals surface area (Å²) in [6.45, 7) is 2.05. The van der Waals surface area contributed by atoms with Gasteiger partial charge in [0.15, 0.2) is 11.6 Å². The molecule has 1 aromatic carbocycles. The lowest BCUT2D eigenvalue weighted by Crippen LogP contribution is -2.33. The second-order valence-electron chi connectivity index (χ2n) is 3.24. The van der Waals surface area contributed by atoms with Crippen molar-refractivity contribution in [2.45, 2.75) is 6.10 Å². The van der Waals surface area contributed by atoms with E-state index in [2.05, 4.69) is 5.32 Å². The van der Waals surface area contributed by atoms with Crippen LogP contribution < -0.4 is 5.32 Å². The van der Waals surface area contributed by atoms with Crippen LogP contribution in [0.3, 0.4) is 0 Å². The summed E-state index contributed by atoms with van der Waals surface area (Å²) in [5.41, 5.74) is 0.677. The van der Waals surface area contributed by atoms with E-state index in [-0.39, 0.29) is 6.10 Å². The van der Waals surface area contributed by atoms with E-state index in [9.17, 15) is 8.78 Å². The molecule has 14 heavy (non-hydrogen) atoms. The summed E-state index contributed by atoms with van der Waals surface area (Å²) in [5.74, 6) is -1.64. The van der Waals surface area contributed by atoms with Gasteiger partial charge in [-0.25, -0.2) is 8.78 Å². The molecule has 4 heteroatoms. The standard InChI is InChI=1S/C10H11F2NO/c11-8-2-1-7(5-9(8)12)10-6-13-3-4-14-10/h1-2,5,10,13H,3-4,6H2/t10-/m0/s1. The van der Waals surface area contributed by atoms with Crippen molar-refractivity contribution >= 4 is 0 Å². The molecule has 0 radical (unpaired) electrons. The van der Waals surface area contributed by atoms with Gasteiger partial charge >= 0.3 is 0 Å². The zero-order valence-electron chi connectivity index (χ0n) is 7.59. The Morgan fingerprint density at radius 1 is 1.29 bits per heavy atom. The van der Waals surface area contributed by atoms with Crippen LogP contribution in [0.4, 0.5) is 8.78 Å². The van der Waals surface area contributed by atoms with Gasteiger partial charge in [-0.1, -0.05) is 6.07 Å². The Kier molecular flexibility index (Phi) is 2.74. The van der Waals surface area contributed by atoms with E-state index in [1.807, 2.05) is 0 Å². The summed E-state index contributed by atoms with van der Waals surface area (Å²) in [6.07, 6.45) is -0.168. The molecule has 2 rings (SSSR count). The molecule has 0 unspecified atom stereocenters. The predicted octanol–water partition coefficient (Wildman–Crippen LogP) is 1.63. The van der Waals surface area contributed by atoms with Gasteiger partial charge in [0.25, 0.3) is 0 Å². The smallest absolute Gasteiger partial charge is 0.159 e. The average Bonchev–Trinajstić information content (AvgIpc) is 2.23. The molecule has 1 heterocycles. The van der Waals surface area contributed by atoms with E-state index in [1.54, 1.807) is 6.07 Å². The van der Waals surface area contributed by atoms with Gasteiger partial charge in [0, 0.05) is 13.1 Å². The summed E-state index contributed by atoms with van der Waals surface area (Å²) < 4.78 is 30.9. The second-order valence-corrected chi connectivity index (χ2v) is 3.24. The Labute approximate surface area is 80.9 Å². The molecule has 2 nitrogen and oxygen atoms in total. The van der Waals surface area contributed by atoms with Crippen molar-refractivity contribution in [1.29, 1.82) is 0 Å². The van der Waals surface area contributed by atoms with Crippen LogP contribution in [0.15, 0.2) is 18.2 Å². The van der Waals surface area contributed by atoms with Crippen LogP contribution >= 0.6 is 0 Å². The Bertz CT molecular complexity index is 324. The molecule has 1 aromatic rings. The van der Waals surface area contributed by atoms with Crippen molar-refractivity contribution in [2.75, 3.05) is 19.7 Å². The molecule has 1 fully saturated rings. The lowest BCUT2D eigenvalue weighted by atomic mass is 10.1. The van der Waals surface area contributed by atoms with E-state index in [0.717, 1.165) is 12.6 Å². The molecule has 1 aliphatic rings. The van der Waals surface area contributed by atoms with E-state index in [4.69, 9.17) is 4.74 Å². The first-order chi connectivity index (χ1) is 6.77. The van der Waals surface area contributed by atoms with Crippen LogP contribution in [0.5, 0.6) is 0 Å². The van der Waals surface area contributed by atoms with Crippen LogP contribution in [0.25, 0.3) is 0 Å². The predicted molar refractivity (Wildman–Crippen MR) is 47.9 cm³/mol. The van der Waals surface area contributed by atoms with Crippen molar-refractivity contribution in [1.82, 2.24) is 5.32 Å². The van der Waals surface area contributed by atoms with Crippen LogP contribution in [-0.4, -0.2) is 19.7 Å². The van der Waals surface area contributed by atoms with Crippen molar-refractivity contribution in [3.8, 4) is 0 Å². The van der Waals surface area contributed by atoms with Crippen LogP contribution in [0.2, 0.25) is 0 Å². The minimum Gasteiger partial charge on any atom is -0.371 e. The molecule has 1 N–H and O–H groups in total. The van der Waals surface area contributed by atoms with Crippen molar-refractivity contribution in [2.24, 2.45) is 0 Å². The van der Waals surface area contributed by atoms with E-state index in [1.165, 1.54) is 6.07 Å². The third-order valence-corrected chi connectivity index (χ3v) is 2.24. The van der Waals surface area contributed by atoms with Gasteiger partial charge in [-0.2, -0.15) is 0 Å². The molecular formula is C10H11F2NO. The maximum Gasteiger partial charge on any atom is 0.159 e. The third kappa shape index (κ3) is 1.91. The Hall–Kier alpha value is -1.00. The number of benzene rings is 1. The Balaban J connectivity index is 2.18. The van der Waals surface area contributed by atoms with Gasteiger partial charge < -0.3 is 10.1 Å². The first-order valence-corrected chi connectivity index (χ1v) is 4.54. The van der Waals surface area contributed by atoms with Crippen LogP contribution in [0, 0.1) is 11.6 Å². The SMILES string of the molecule is Fc1ccc([C@@H]2CNCCO2)cc1F. The third-order valence-electron chi connectivity index (χ3n) is 2.24. The Morgan fingerprint density at radius 3 is 2.79 bits per heavy atom. The fourth-order valence-corrected chi connectivity index (χ4v) is 1.49. The summed E-state index contributed by atoms with van der Waals surface area (Å²) in [4.78, 5) is 0. The monoisotopic (exact) mass is 199 g/mol. The van der Waals surface area contributed by atoms with E-state index in [0.29, 0.717) is 18.7 Å². The normalized spacial score (nSPS) is 22.3.